The Morgan fingerprint density at radius 1 is 1.55 bits per heavy atom. The van der Waals surface area contributed by atoms with Gasteiger partial charge in [-0.15, -0.1) is 11.3 Å². The summed E-state index contributed by atoms with van der Waals surface area (Å²) in [5.41, 5.74) is 0.159. The Kier molecular flexibility index (Phi) is 3.56. The number of sulfonamides is 1. The van der Waals surface area contributed by atoms with Crippen molar-refractivity contribution in [1.82, 2.24) is 14.1 Å². The highest BCUT2D eigenvalue weighted by Crippen LogP contribution is 2.49. The average molecular weight is 334 g/mol. The Bertz CT molecular complexity index is 731. The maximum atomic E-state index is 12.5. The Balaban J connectivity index is 1.85. The molecule has 0 unspecified atom stereocenters. The fourth-order valence-corrected chi connectivity index (χ4v) is 5.12. The van der Waals surface area contributed by atoms with Gasteiger partial charge >= 0.3 is 0 Å². The van der Waals surface area contributed by atoms with Gasteiger partial charge in [-0.05, 0) is 24.7 Å². The molecule has 0 atom stereocenters. The fraction of sp³-hybridized carbons (Fsp3) is 0.583. The minimum Gasteiger partial charge on any atom is -0.279 e. The predicted molar refractivity (Wildman–Crippen MR) is 79.8 cm³/mol. The first kappa shape index (κ1) is 14.3. The average Bonchev–Trinajstić information content (AvgIpc) is 2.87. The van der Waals surface area contributed by atoms with Gasteiger partial charge in [-0.3, -0.25) is 4.40 Å². The third-order valence-electron chi connectivity index (χ3n) is 3.81. The Hall–Kier alpha value is -0.630. The summed E-state index contributed by atoms with van der Waals surface area (Å²) in [5.74, 6) is 0. The molecule has 1 N–H and O–H groups in total. The second-order valence-corrected chi connectivity index (χ2v) is 8.25. The predicted octanol–water partition coefficient (Wildman–Crippen LogP) is 2.91. The molecule has 2 heterocycles. The standard InChI is InChI=1S/C12H16ClN3O2S2/c1-2-3-12(4-5-12)8-14-20(17,18)10-9(13)15-11-16(10)6-7-19-11/h6-7,14H,2-5,8H2,1H3. The summed E-state index contributed by atoms with van der Waals surface area (Å²) in [7, 11) is -3.63. The topological polar surface area (TPSA) is 63.5 Å². The van der Waals surface area contributed by atoms with Gasteiger partial charge in [0.2, 0.25) is 0 Å². The minimum atomic E-state index is -3.63. The summed E-state index contributed by atoms with van der Waals surface area (Å²) < 4.78 is 29.1. The van der Waals surface area contributed by atoms with E-state index in [1.54, 1.807) is 11.6 Å². The SMILES string of the molecule is CCCC1(CNS(=O)(=O)c2c(Cl)nc3sccn23)CC1. The van der Waals surface area contributed by atoms with Crippen LogP contribution in [0.15, 0.2) is 16.6 Å². The highest BCUT2D eigenvalue weighted by molar-refractivity contribution is 7.89. The maximum Gasteiger partial charge on any atom is 0.259 e. The summed E-state index contributed by atoms with van der Waals surface area (Å²) in [6.07, 6.45) is 5.99. The lowest BCUT2D eigenvalue weighted by atomic mass is 10.0. The van der Waals surface area contributed by atoms with Crippen LogP contribution in [0.2, 0.25) is 5.15 Å². The van der Waals surface area contributed by atoms with Crippen LogP contribution in [0.4, 0.5) is 0 Å². The van der Waals surface area contributed by atoms with Crippen molar-refractivity contribution in [3.63, 3.8) is 0 Å². The van der Waals surface area contributed by atoms with Crippen molar-refractivity contribution in [3.05, 3.63) is 16.7 Å². The molecule has 110 valence electrons. The van der Waals surface area contributed by atoms with E-state index in [1.807, 2.05) is 0 Å². The number of thiazole rings is 1. The number of imidazole rings is 1. The van der Waals surface area contributed by atoms with Crippen molar-refractivity contribution in [3.8, 4) is 0 Å². The van der Waals surface area contributed by atoms with E-state index in [0.717, 1.165) is 25.7 Å². The lowest BCUT2D eigenvalue weighted by molar-refractivity contribution is 0.449. The number of hydrogen-bond donors (Lipinski definition) is 1. The Labute approximate surface area is 127 Å². The first-order valence-corrected chi connectivity index (χ1v) is 9.32. The number of nitrogens with one attached hydrogen (secondary N) is 1. The monoisotopic (exact) mass is 333 g/mol. The number of halogens is 1. The van der Waals surface area contributed by atoms with E-state index in [-0.39, 0.29) is 15.6 Å². The van der Waals surface area contributed by atoms with E-state index in [9.17, 15) is 8.42 Å². The largest absolute Gasteiger partial charge is 0.279 e. The molecule has 0 bridgehead atoms. The molecule has 0 radical (unpaired) electrons. The quantitative estimate of drug-likeness (QED) is 0.884. The van der Waals surface area contributed by atoms with Crippen LogP contribution in [-0.4, -0.2) is 24.3 Å². The van der Waals surface area contributed by atoms with E-state index in [0.29, 0.717) is 11.5 Å². The fourth-order valence-electron chi connectivity index (χ4n) is 2.52. The van der Waals surface area contributed by atoms with E-state index in [2.05, 4.69) is 16.6 Å². The molecule has 0 spiro atoms. The van der Waals surface area contributed by atoms with Crippen molar-refractivity contribution < 1.29 is 8.42 Å². The highest BCUT2D eigenvalue weighted by Gasteiger charge is 2.42. The summed E-state index contributed by atoms with van der Waals surface area (Å²) in [5, 5.41) is 1.87. The zero-order chi connectivity index (χ0) is 14.4. The van der Waals surface area contributed by atoms with Crippen molar-refractivity contribution in [1.29, 1.82) is 0 Å². The van der Waals surface area contributed by atoms with Gasteiger partial charge in [0, 0.05) is 18.1 Å². The van der Waals surface area contributed by atoms with Crippen LogP contribution in [0, 0.1) is 5.41 Å². The molecule has 1 saturated carbocycles. The normalized spacial score (nSPS) is 17.7. The molecule has 2 aromatic rings. The van der Waals surface area contributed by atoms with Crippen LogP contribution >= 0.6 is 22.9 Å². The zero-order valence-corrected chi connectivity index (χ0v) is 13.5. The maximum absolute atomic E-state index is 12.5. The molecule has 1 fully saturated rings. The van der Waals surface area contributed by atoms with E-state index in [1.165, 1.54) is 15.7 Å². The van der Waals surface area contributed by atoms with Gasteiger partial charge in [0.25, 0.3) is 10.0 Å². The summed E-state index contributed by atoms with van der Waals surface area (Å²) in [4.78, 5) is 4.65. The van der Waals surface area contributed by atoms with Gasteiger partial charge in [0.1, 0.15) is 0 Å². The molecule has 1 aliphatic carbocycles. The number of fused-ring (bicyclic) bond motifs is 1. The van der Waals surface area contributed by atoms with E-state index in [4.69, 9.17) is 11.6 Å². The lowest BCUT2D eigenvalue weighted by Crippen LogP contribution is -2.31. The molecule has 3 rings (SSSR count). The molecular weight excluding hydrogens is 318 g/mol. The van der Waals surface area contributed by atoms with Crippen molar-refractivity contribution in [2.24, 2.45) is 5.41 Å². The minimum absolute atomic E-state index is 0.0321. The van der Waals surface area contributed by atoms with Crippen LogP contribution in [0.25, 0.3) is 4.96 Å². The number of hydrogen-bond acceptors (Lipinski definition) is 4. The second kappa shape index (κ2) is 4.98. The second-order valence-electron chi connectivity index (χ2n) is 5.34. The smallest absolute Gasteiger partial charge is 0.259 e. The van der Waals surface area contributed by atoms with E-state index >= 15 is 0 Å². The molecule has 2 aromatic heterocycles. The first-order chi connectivity index (χ1) is 9.47. The third-order valence-corrected chi connectivity index (χ3v) is 6.36. The van der Waals surface area contributed by atoms with Gasteiger partial charge in [-0.2, -0.15) is 0 Å². The van der Waals surface area contributed by atoms with Crippen LogP contribution in [0.3, 0.4) is 0 Å². The molecule has 5 nitrogen and oxygen atoms in total. The Morgan fingerprint density at radius 2 is 2.30 bits per heavy atom. The van der Waals surface area contributed by atoms with Gasteiger partial charge in [0.15, 0.2) is 15.1 Å². The van der Waals surface area contributed by atoms with Gasteiger partial charge in [-0.1, -0.05) is 24.9 Å². The summed E-state index contributed by atoms with van der Waals surface area (Å²) >= 11 is 7.33. The lowest BCUT2D eigenvalue weighted by Gasteiger charge is -2.14. The number of rotatable bonds is 6. The van der Waals surface area contributed by atoms with Crippen molar-refractivity contribution in [2.45, 2.75) is 37.6 Å². The summed E-state index contributed by atoms with van der Waals surface area (Å²) in [6, 6.07) is 0. The zero-order valence-electron chi connectivity index (χ0n) is 11.1. The highest BCUT2D eigenvalue weighted by atomic mass is 35.5. The van der Waals surface area contributed by atoms with Crippen LogP contribution in [0.5, 0.6) is 0 Å². The van der Waals surface area contributed by atoms with E-state index < -0.39 is 10.0 Å². The third kappa shape index (κ3) is 2.47. The number of nitrogens with zero attached hydrogens (tertiary/aromatic N) is 2. The van der Waals surface area contributed by atoms with Gasteiger partial charge in [0.05, 0.1) is 0 Å². The van der Waals surface area contributed by atoms with Crippen LogP contribution in [0.1, 0.15) is 32.6 Å². The van der Waals surface area contributed by atoms with Crippen LogP contribution in [-0.2, 0) is 10.0 Å². The summed E-state index contributed by atoms with van der Waals surface area (Å²) in [6.45, 7) is 2.61. The van der Waals surface area contributed by atoms with Crippen molar-refractivity contribution >= 4 is 37.9 Å². The van der Waals surface area contributed by atoms with Crippen LogP contribution < -0.4 is 4.72 Å². The molecular formula is C12H16ClN3O2S2. The molecule has 20 heavy (non-hydrogen) atoms. The first-order valence-electron chi connectivity index (χ1n) is 6.58. The molecule has 1 aliphatic rings. The number of aromatic nitrogens is 2. The van der Waals surface area contributed by atoms with Gasteiger partial charge < -0.3 is 0 Å². The van der Waals surface area contributed by atoms with Crippen molar-refractivity contribution in [2.75, 3.05) is 6.54 Å². The molecule has 0 aliphatic heterocycles. The Morgan fingerprint density at radius 3 is 2.95 bits per heavy atom. The molecule has 8 heteroatoms. The van der Waals surface area contributed by atoms with Gasteiger partial charge in [-0.25, -0.2) is 18.1 Å². The molecule has 0 amide bonds. The molecule has 0 aromatic carbocycles. The molecule has 0 saturated heterocycles.